The summed E-state index contributed by atoms with van der Waals surface area (Å²) in [5.74, 6) is 5.06. The molecule has 288 valence electrons. The smallest absolute Gasteiger partial charge is 0.161 e. The van der Waals surface area contributed by atoms with Gasteiger partial charge in [-0.2, -0.15) is 0 Å². The van der Waals surface area contributed by atoms with Crippen molar-refractivity contribution in [2.75, 3.05) is 42.7 Å². The SMILES string of the molecule is COC1=C(O[C@H](C)[C@H](O)c2ccc(OC)c(OC)c2)C=CC([C@@H]2OC(c3ccc(OC(C)C(O)c4ccc(OC)c(OC)c4)c(OC)c3)[C@H](C)C2C)C1. The van der Waals surface area contributed by atoms with Crippen molar-refractivity contribution in [1.29, 1.82) is 0 Å². The van der Waals surface area contributed by atoms with Gasteiger partial charge in [-0.1, -0.05) is 38.1 Å². The van der Waals surface area contributed by atoms with E-state index in [9.17, 15) is 10.2 Å². The second-order valence-electron chi connectivity index (χ2n) is 13.6. The third-order valence-electron chi connectivity index (χ3n) is 10.5. The second kappa shape index (κ2) is 17.5. The lowest BCUT2D eigenvalue weighted by Gasteiger charge is -2.30. The fourth-order valence-electron chi connectivity index (χ4n) is 7.17. The van der Waals surface area contributed by atoms with Crippen LogP contribution < -0.4 is 28.4 Å². The van der Waals surface area contributed by atoms with Crippen molar-refractivity contribution in [3.63, 3.8) is 0 Å². The first kappa shape index (κ1) is 39.6. The molecule has 5 rings (SSSR count). The van der Waals surface area contributed by atoms with Crippen molar-refractivity contribution in [2.24, 2.45) is 17.8 Å². The number of methoxy groups -OCH3 is 6. The number of rotatable bonds is 16. The normalized spacial score (nSPS) is 23.4. The van der Waals surface area contributed by atoms with Crippen LogP contribution >= 0.6 is 0 Å². The zero-order valence-electron chi connectivity index (χ0n) is 32.3. The molecule has 9 atom stereocenters. The average molecular weight is 735 g/mol. The molecule has 5 unspecified atom stereocenters. The van der Waals surface area contributed by atoms with E-state index in [4.69, 9.17) is 42.6 Å². The fourth-order valence-corrected chi connectivity index (χ4v) is 7.17. The van der Waals surface area contributed by atoms with Crippen LogP contribution in [0.4, 0.5) is 0 Å². The molecule has 0 saturated carbocycles. The van der Waals surface area contributed by atoms with Gasteiger partial charge >= 0.3 is 0 Å². The molecule has 0 spiro atoms. The summed E-state index contributed by atoms with van der Waals surface area (Å²) in [6.45, 7) is 8.06. The van der Waals surface area contributed by atoms with Gasteiger partial charge in [0, 0.05) is 12.3 Å². The number of hydrogen-bond acceptors (Lipinski definition) is 11. The van der Waals surface area contributed by atoms with Crippen molar-refractivity contribution in [1.82, 2.24) is 0 Å². The maximum absolute atomic E-state index is 11.1. The Morgan fingerprint density at radius 3 is 1.64 bits per heavy atom. The van der Waals surface area contributed by atoms with Crippen LogP contribution in [0.2, 0.25) is 0 Å². The molecule has 0 radical (unpaired) electrons. The second-order valence-corrected chi connectivity index (χ2v) is 13.6. The zero-order chi connectivity index (χ0) is 38.4. The molecular weight excluding hydrogens is 680 g/mol. The molecular formula is C42H54O11. The summed E-state index contributed by atoms with van der Waals surface area (Å²) >= 11 is 0. The Bertz CT molecular complexity index is 1750. The predicted molar refractivity (Wildman–Crippen MR) is 200 cm³/mol. The molecule has 1 aliphatic carbocycles. The zero-order valence-corrected chi connectivity index (χ0v) is 32.3. The lowest BCUT2D eigenvalue weighted by atomic mass is 9.81. The maximum Gasteiger partial charge on any atom is 0.161 e. The van der Waals surface area contributed by atoms with Crippen LogP contribution in [0.25, 0.3) is 0 Å². The first-order chi connectivity index (χ1) is 25.5. The van der Waals surface area contributed by atoms with E-state index in [2.05, 4.69) is 19.9 Å². The van der Waals surface area contributed by atoms with E-state index in [1.165, 1.54) is 0 Å². The minimum atomic E-state index is -0.926. The molecule has 0 bridgehead atoms. The molecule has 3 aromatic rings. The highest BCUT2D eigenvalue weighted by Crippen LogP contribution is 2.48. The van der Waals surface area contributed by atoms with Gasteiger partial charge in [-0.3, -0.25) is 0 Å². The molecule has 2 N–H and O–H groups in total. The van der Waals surface area contributed by atoms with Gasteiger partial charge in [0.05, 0.1) is 54.9 Å². The van der Waals surface area contributed by atoms with Crippen LogP contribution in [0, 0.1) is 17.8 Å². The van der Waals surface area contributed by atoms with Crippen LogP contribution in [0.15, 0.2) is 78.3 Å². The van der Waals surface area contributed by atoms with Crippen molar-refractivity contribution in [2.45, 2.75) is 70.7 Å². The minimum Gasteiger partial charge on any atom is -0.497 e. The molecule has 1 heterocycles. The van der Waals surface area contributed by atoms with Crippen LogP contribution in [-0.2, 0) is 14.2 Å². The van der Waals surface area contributed by atoms with Crippen LogP contribution in [-0.4, -0.2) is 71.2 Å². The summed E-state index contributed by atoms with van der Waals surface area (Å²) in [6.07, 6.45) is 1.38. The molecule has 1 saturated heterocycles. The number of ether oxygens (including phenoxy) is 9. The summed E-state index contributed by atoms with van der Waals surface area (Å²) in [4.78, 5) is 0. The topological polar surface area (TPSA) is 124 Å². The fraction of sp³-hybridized carbons (Fsp3) is 0.476. The molecule has 1 aliphatic heterocycles. The third kappa shape index (κ3) is 8.48. The Hall–Kier alpha value is -4.58. The Balaban J connectivity index is 1.25. The maximum atomic E-state index is 11.1. The highest BCUT2D eigenvalue weighted by atomic mass is 16.5. The molecule has 53 heavy (non-hydrogen) atoms. The minimum absolute atomic E-state index is 0.0502. The van der Waals surface area contributed by atoms with Crippen molar-refractivity contribution in [3.8, 4) is 34.5 Å². The first-order valence-electron chi connectivity index (χ1n) is 17.9. The monoisotopic (exact) mass is 734 g/mol. The van der Waals surface area contributed by atoms with E-state index in [1.54, 1.807) is 86.0 Å². The highest BCUT2D eigenvalue weighted by molar-refractivity contribution is 5.46. The summed E-state index contributed by atoms with van der Waals surface area (Å²) in [7, 11) is 9.50. The van der Waals surface area contributed by atoms with Crippen molar-refractivity contribution in [3.05, 3.63) is 95.0 Å². The summed E-state index contributed by atoms with van der Waals surface area (Å²) in [5, 5.41) is 22.2. The molecule has 1 fully saturated rings. The van der Waals surface area contributed by atoms with Crippen LogP contribution in [0.1, 0.15) is 69.1 Å². The van der Waals surface area contributed by atoms with Crippen LogP contribution in [0.3, 0.4) is 0 Å². The molecule has 3 aromatic carbocycles. The average Bonchev–Trinajstić information content (AvgIpc) is 3.49. The third-order valence-corrected chi connectivity index (χ3v) is 10.5. The van der Waals surface area contributed by atoms with E-state index in [0.717, 1.165) is 5.56 Å². The number of aliphatic hydroxyl groups excluding tert-OH is 2. The number of hydrogen-bond donors (Lipinski definition) is 2. The Labute approximate surface area is 313 Å². The number of aliphatic hydroxyl groups is 2. The largest absolute Gasteiger partial charge is 0.497 e. The molecule has 11 nitrogen and oxygen atoms in total. The van der Waals surface area contributed by atoms with Gasteiger partial charge in [0.2, 0.25) is 0 Å². The molecule has 11 heteroatoms. The molecule has 0 aromatic heterocycles. The number of allylic oxidation sites excluding steroid dienone is 2. The molecule has 0 amide bonds. The standard InChI is InChI=1S/C42H54O11/c1-23-24(2)42(30-14-18-34(38(22-30)50-10)52-26(4)40(44)28-12-16-32(46-6)36(20-28)48-8)53-41(23)29-13-17-33(37(21-29)49-9)51-25(3)39(43)27-11-15-31(45-5)35(19-27)47-7/h11-21,23-26,30,39-44H,22H2,1-10H3/t23-,24?,25?,26-,30?,39?,40+,41?,42-/m1/s1. The number of benzene rings is 3. The lowest BCUT2D eigenvalue weighted by molar-refractivity contribution is -0.00688. The Kier molecular flexibility index (Phi) is 13.1. The predicted octanol–water partition coefficient (Wildman–Crippen LogP) is 7.52. The summed E-state index contributed by atoms with van der Waals surface area (Å²) in [6, 6.07) is 16.4. The van der Waals surface area contributed by atoms with E-state index in [-0.39, 0.29) is 30.0 Å². The van der Waals surface area contributed by atoms with Crippen molar-refractivity contribution >= 4 is 0 Å². The summed E-state index contributed by atoms with van der Waals surface area (Å²) in [5.41, 5.74) is 2.27. The van der Waals surface area contributed by atoms with E-state index >= 15 is 0 Å². The Morgan fingerprint density at radius 2 is 1.11 bits per heavy atom. The first-order valence-corrected chi connectivity index (χ1v) is 17.9. The highest BCUT2D eigenvalue weighted by Gasteiger charge is 2.44. The lowest BCUT2D eigenvalue weighted by Crippen LogP contribution is -2.28. The van der Waals surface area contributed by atoms with Gasteiger partial charge in [-0.25, -0.2) is 0 Å². The van der Waals surface area contributed by atoms with Gasteiger partial charge in [0.1, 0.15) is 30.2 Å². The van der Waals surface area contributed by atoms with Gasteiger partial charge in [0.15, 0.2) is 40.3 Å². The molecule has 2 aliphatic rings. The Morgan fingerprint density at radius 1 is 0.604 bits per heavy atom. The van der Waals surface area contributed by atoms with E-state index in [0.29, 0.717) is 63.6 Å². The van der Waals surface area contributed by atoms with E-state index < -0.39 is 24.4 Å². The van der Waals surface area contributed by atoms with Gasteiger partial charge < -0.3 is 52.8 Å². The van der Waals surface area contributed by atoms with Crippen molar-refractivity contribution < 1.29 is 52.8 Å². The van der Waals surface area contributed by atoms with Crippen LogP contribution in [0.5, 0.6) is 34.5 Å². The van der Waals surface area contributed by atoms with Gasteiger partial charge in [-0.05, 0) is 84.8 Å². The quantitative estimate of drug-likeness (QED) is 0.152. The summed E-state index contributed by atoms with van der Waals surface area (Å²) < 4.78 is 52.4. The van der Waals surface area contributed by atoms with Gasteiger partial charge in [-0.15, -0.1) is 0 Å². The van der Waals surface area contributed by atoms with Gasteiger partial charge in [0.25, 0.3) is 0 Å². The van der Waals surface area contributed by atoms with E-state index in [1.807, 2.05) is 31.2 Å².